The fourth-order valence-corrected chi connectivity index (χ4v) is 3.32. The van der Waals surface area contributed by atoms with Gasteiger partial charge in [-0.1, -0.05) is 40.9 Å². The van der Waals surface area contributed by atoms with Crippen molar-refractivity contribution < 1.29 is 4.42 Å². The van der Waals surface area contributed by atoms with E-state index in [1.165, 1.54) is 11.1 Å². The van der Waals surface area contributed by atoms with E-state index in [2.05, 4.69) is 51.1 Å². The van der Waals surface area contributed by atoms with Gasteiger partial charge in [0.05, 0.1) is 11.0 Å². The van der Waals surface area contributed by atoms with Crippen LogP contribution >= 0.6 is 11.6 Å². The van der Waals surface area contributed by atoms with Crippen LogP contribution in [-0.4, -0.2) is 0 Å². The summed E-state index contributed by atoms with van der Waals surface area (Å²) < 4.78 is 6.17. The van der Waals surface area contributed by atoms with E-state index >= 15 is 0 Å². The highest BCUT2D eigenvalue weighted by molar-refractivity contribution is 6.30. The summed E-state index contributed by atoms with van der Waals surface area (Å²) in [5.41, 5.74) is 6.32. The number of hydrogen-bond donors (Lipinski definition) is 0. The molecule has 0 spiro atoms. The lowest BCUT2D eigenvalue weighted by atomic mass is 10.1. The smallest absolute Gasteiger partial charge is 0.136 e. The first-order valence-corrected chi connectivity index (χ1v) is 9.30. The third kappa shape index (κ3) is 3.67. The Morgan fingerprint density at radius 1 is 0.778 bits per heavy atom. The topological polar surface area (TPSA) is 25.5 Å². The van der Waals surface area contributed by atoms with Gasteiger partial charge in [-0.2, -0.15) is 0 Å². The molecule has 4 aromatic rings. The van der Waals surface area contributed by atoms with Gasteiger partial charge in [0.25, 0.3) is 0 Å². The second kappa shape index (κ2) is 7.05. The van der Waals surface area contributed by atoms with Gasteiger partial charge >= 0.3 is 0 Å². The third-order valence-corrected chi connectivity index (χ3v) is 4.87. The van der Waals surface area contributed by atoms with Gasteiger partial charge in [-0.05, 0) is 68.8 Å². The van der Waals surface area contributed by atoms with Crippen molar-refractivity contribution in [2.24, 2.45) is 4.99 Å². The predicted octanol–water partition coefficient (Wildman–Crippen LogP) is 6.91. The van der Waals surface area contributed by atoms with E-state index in [1.807, 2.05) is 36.4 Å². The summed E-state index contributed by atoms with van der Waals surface area (Å²) in [6.45, 7) is 6.26. The molecule has 27 heavy (non-hydrogen) atoms. The largest absolute Gasteiger partial charge is 0.456 e. The van der Waals surface area contributed by atoms with Gasteiger partial charge in [0.1, 0.15) is 11.3 Å². The van der Waals surface area contributed by atoms with Crippen LogP contribution < -0.4 is 5.36 Å². The van der Waals surface area contributed by atoms with Gasteiger partial charge in [0.15, 0.2) is 0 Å². The molecular weight excluding hydrogens is 354 g/mol. The second-order valence-electron chi connectivity index (χ2n) is 6.90. The van der Waals surface area contributed by atoms with Gasteiger partial charge in [0.2, 0.25) is 0 Å². The van der Waals surface area contributed by atoms with Gasteiger partial charge < -0.3 is 4.42 Å². The number of halogens is 1. The fraction of sp³-hybridized carbons (Fsp3) is 0.125. The monoisotopic (exact) mass is 373 g/mol. The Morgan fingerprint density at radius 3 is 2.22 bits per heavy atom. The molecule has 2 nitrogen and oxygen atoms in total. The summed E-state index contributed by atoms with van der Waals surface area (Å²) in [4.78, 5) is 4.97. The lowest BCUT2D eigenvalue weighted by Crippen LogP contribution is -2.04. The molecule has 3 aromatic carbocycles. The highest BCUT2D eigenvalue weighted by Gasteiger charge is 2.07. The molecule has 0 atom stereocenters. The molecule has 0 aliphatic carbocycles. The van der Waals surface area contributed by atoms with E-state index in [9.17, 15) is 0 Å². The summed E-state index contributed by atoms with van der Waals surface area (Å²) in [7, 11) is 0. The SMILES string of the molecule is Cc1ccc(N=c2cc(-c3ccc(Cl)cc3)oc3ccc(C)cc23)c(C)c1. The first kappa shape index (κ1) is 17.6. The molecule has 0 N–H and O–H groups in total. The molecule has 0 saturated heterocycles. The number of benzene rings is 3. The maximum Gasteiger partial charge on any atom is 0.136 e. The van der Waals surface area contributed by atoms with Crippen molar-refractivity contribution in [3.63, 3.8) is 0 Å². The Bertz CT molecular complexity index is 1200. The molecule has 0 radical (unpaired) electrons. The summed E-state index contributed by atoms with van der Waals surface area (Å²) in [6, 6.07) is 22.1. The molecule has 0 unspecified atom stereocenters. The lowest BCUT2D eigenvalue weighted by molar-refractivity contribution is 0.618. The quantitative estimate of drug-likeness (QED) is 0.374. The summed E-state index contributed by atoms with van der Waals surface area (Å²) in [5, 5.41) is 2.61. The van der Waals surface area contributed by atoms with Crippen LogP contribution in [0.2, 0.25) is 5.02 Å². The van der Waals surface area contributed by atoms with Gasteiger partial charge in [-0.3, -0.25) is 0 Å². The average Bonchev–Trinajstić information content (AvgIpc) is 2.65. The molecule has 4 rings (SSSR count). The Labute approximate surface area is 163 Å². The third-order valence-electron chi connectivity index (χ3n) is 4.62. The van der Waals surface area contributed by atoms with Crippen molar-refractivity contribution in [2.45, 2.75) is 20.8 Å². The van der Waals surface area contributed by atoms with E-state index in [-0.39, 0.29) is 0 Å². The number of aryl methyl sites for hydroxylation is 3. The molecule has 0 aliphatic heterocycles. The summed E-state index contributed by atoms with van der Waals surface area (Å²) in [6.07, 6.45) is 0. The first-order chi connectivity index (χ1) is 13.0. The van der Waals surface area contributed by atoms with Crippen molar-refractivity contribution in [3.8, 4) is 11.3 Å². The standard InChI is InChI=1S/C24H20ClNO/c1-15-4-10-21(17(3)12-15)26-22-14-24(18-6-8-19(25)9-7-18)27-23-11-5-16(2)13-20(22)23/h4-14H,1-3H3. The van der Waals surface area contributed by atoms with E-state index in [0.29, 0.717) is 5.02 Å². The van der Waals surface area contributed by atoms with Crippen LogP contribution in [0.25, 0.3) is 22.3 Å². The minimum atomic E-state index is 0.704. The molecule has 134 valence electrons. The lowest BCUT2D eigenvalue weighted by Gasteiger charge is -2.07. The molecule has 0 aliphatic rings. The van der Waals surface area contributed by atoms with Gasteiger partial charge in [0, 0.05) is 22.0 Å². The Morgan fingerprint density at radius 2 is 1.48 bits per heavy atom. The minimum Gasteiger partial charge on any atom is -0.456 e. The fourth-order valence-electron chi connectivity index (χ4n) is 3.19. The highest BCUT2D eigenvalue weighted by atomic mass is 35.5. The zero-order valence-corrected chi connectivity index (χ0v) is 16.3. The van der Waals surface area contributed by atoms with Crippen molar-refractivity contribution in [2.75, 3.05) is 0 Å². The van der Waals surface area contributed by atoms with Crippen LogP contribution in [0.5, 0.6) is 0 Å². The number of nitrogens with zero attached hydrogens (tertiary/aromatic N) is 1. The molecule has 0 fully saturated rings. The first-order valence-electron chi connectivity index (χ1n) is 8.92. The zero-order valence-electron chi connectivity index (χ0n) is 15.6. The molecule has 1 heterocycles. The molecular formula is C24H20ClNO. The predicted molar refractivity (Wildman–Crippen MR) is 113 cm³/mol. The van der Waals surface area contributed by atoms with E-state index < -0.39 is 0 Å². The van der Waals surface area contributed by atoms with Crippen LogP contribution in [-0.2, 0) is 0 Å². The molecule has 0 amide bonds. The normalized spacial score (nSPS) is 11.9. The maximum atomic E-state index is 6.17. The van der Waals surface area contributed by atoms with Crippen LogP contribution in [0.3, 0.4) is 0 Å². The minimum absolute atomic E-state index is 0.704. The Balaban J connectivity index is 2.00. The summed E-state index contributed by atoms with van der Waals surface area (Å²) >= 11 is 6.03. The van der Waals surface area contributed by atoms with Crippen molar-refractivity contribution >= 4 is 28.3 Å². The average molecular weight is 374 g/mol. The second-order valence-corrected chi connectivity index (χ2v) is 7.34. The molecule has 0 saturated carbocycles. The Kier molecular flexibility index (Phi) is 4.59. The van der Waals surface area contributed by atoms with Crippen molar-refractivity contribution in [1.29, 1.82) is 0 Å². The zero-order chi connectivity index (χ0) is 19.0. The van der Waals surface area contributed by atoms with Gasteiger partial charge in [-0.25, -0.2) is 4.99 Å². The molecule has 0 bridgehead atoms. The number of hydrogen-bond acceptors (Lipinski definition) is 2. The molecule has 1 aromatic heterocycles. The van der Waals surface area contributed by atoms with Crippen LogP contribution in [0, 0.1) is 20.8 Å². The van der Waals surface area contributed by atoms with Crippen LogP contribution in [0.4, 0.5) is 5.69 Å². The number of fused-ring (bicyclic) bond motifs is 1. The highest BCUT2D eigenvalue weighted by Crippen LogP contribution is 2.25. The van der Waals surface area contributed by atoms with Crippen molar-refractivity contribution in [1.82, 2.24) is 0 Å². The van der Waals surface area contributed by atoms with Crippen molar-refractivity contribution in [3.05, 3.63) is 93.8 Å². The molecule has 3 heteroatoms. The maximum absolute atomic E-state index is 6.17. The van der Waals surface area contributed by atoms with Crippen LogP contribution in [0.1, 0.15) is 16.7 Å². The van der Waals surface area contributed by atoms with E-state index in [1.54, 1.807) is 0 Å². The van der Waals surface area contributed by atoms with E-state index in [4.69, 9.17) is 21.0 Å². The summed E-state index contributed by atoms with van der Waals surface area (Å²) in [5.74, 6) is 0.770. The number of rotatable bonds is 2. The van der Waals surface area contributed by atoms with Gasteiger partial charge in [-0.15, -0.1) is 0 Å². The van der Waals surface area contributed by atoms with Crippen LogP contribution in [0.15, 0.2) is 76.1 Å². The van der Waals surface area contributed by atoms with E-state index in [0.717, 1.165) is 38.9 Å². The Hall–Kier alpha value is -2.84.